The molecule has 0 aliphatic rings. The average molecular weight is 338 g/mol. The van der Waals surface area contributed by atoms with E-state index in [1.165, 1.54) is 6.26 Å². The molecule has 104 valence electrons. The lowest BCUT2D eigenvalue weighted by Gasteiger charge is -2.06. The molecule has 6 nitrogen and oxygen atoms in total. The van der Waals surface area contributed by atoms with Crippen molar-refractivity contribution in [3.05, 3.63) is 58.0 Å². The number of benzene rings is 1. The van der Waals surface area contributed by atoms with E-state index in [0.717, 1.165) is 5.56 Å². The summed E-state index contributed by atoms with van der Waals surface area (Å²) in [5, 5.41) is 14.3. The van der Waals surface area contributed by atoms with Crippen molar-refractivity contribution in [2.24, 2.45) is 10.9 Å². The molecule has 0 atom stereocenters. The monoisotopic (exact) mass is 337 g/mol. The number of carbonyl (C=O) groups is 1. The molecule has 0 aliphatic heterocycles. The maximum atomic E-state index is 11.9. The van der Waals surface area contributed by atoms with Crippen molar-refractivity contribution in [2.75, 3.05) is 0 Å². The lowest BCUT2D eigenvalue weighted by atomic mass is 10.1. The molecule has 20 heavy (non-hydrogen) atoms. The highest BCUT2D eigenvalue weighted by atomic mass is 79.9. The third-order valence-electron chi connectivity index (χ3n) is 2.65. The van der Waals surface area contributed by atoms with E-state index in [-0.39, 0.29) is 11.7 Å². The van der Waals surface area contributed by atoms with Crippen LogP contribution in [-0.4, -0.2) is 17.0 Å². The summed E-state index contributed by atoms with van der Waals surface area (Å²) in [6.07, 6.45) is 1.43. The molecule has 0 fully saturated rings. The Morgan fingerprint density at radius 3 is 2.90 bits per heavy atom. The fourth-order valence-corrected chi connectivity index (χ4v) is 2.05. The average Bonchev–Trinajstić information content (AvgIpc) is 2.90. The van der Waals surface area contributed by atoms with Gasteiger partial charge in [0, 0.05) is 12.1 Å². The minimum Gasteiger partial charge on any atom is -0.457 e. The van der Waals surface area contributed by atoms with Crippen molar-refractivity contribution in [3.8, 4) is 0 Å². The molecule has 0 aliphatic carbocycles. The van der Waals surface area contributed by atoms with Crippen molar-refractivity contribution in [1.29, 1.82) is 0 Å². The molecule has 0 bridgehead atoms. The SMILES string of the molecule is N/C(=N/O)c1cccc(CNC(=O)c2ccoc2Br)c1. The van der Waals surface area contributed by atoms with Crippen LogP contribution in [0.5, 0.6) is 0 Å². The lowest BCUT2D eigenvalue weighted by molar-refractivity contribution is 0.0949. The summed E-state index contributed by atoms with van der Waals surface area (Å²) in [6, 6.07) is 8.63. The Balaban J connectivity index is 2.05. The third-order valence-corrected chi connectivity index (χ3v) is 3.26. The van der Waals surface area contributed by atoms with Crippen LogP contribution in [0.4, 0.5) is 0 Å². The molecule has 2 rings (SSSR count). The molecule has 0 unspecified atom stereocenters. The quantitative estimate of drug-likeness (QED) is 0.344. The summed E-state index contributed by atoms with van der Waals surface area (Å²) in [6.45, 7) is 0.322. The number of amides is 1. The summed E-state index contributed by atoms with van der Waals surface area (Å²) in [5.41, 5.74) is 7.36. The fourth-order valence-electron chi connectivity index (χ4n) is 1.63. The molecule has 7 heteroatoms. The topological polar surface area (TPSA) is 101 Å². The van der Waals surface area contributed by atoms with Crippen LogP contribution in [-0.2, 0) is 6.54 Å². The summed E-state index contributed by atoms with van der Waals surface area (Å²) < 4.78 is 5.39. The number of halogens is 1. The van der Waals surface area contributed by atoms with Crippen molar-refractivity contribution < 1.29 is 14.4 Å². The van der Waals surface area contributed by atoms with Crippen LogP contribution in [0.25, 0.3) is 0 Å². The van der Waals surface area contributed by atoms with Gasteiger partial charge in [-0.15, -0.1) is 0 Å². The maximum absolute atomic E-state index is 11.9. The van der Waals surface area contributed by atoms with Crippen LogP contribution >= 0.6 is 15.9 Å². The van der Waals surface area contributed by atoms with Gasteiger partial charge in [-0.2, -0.15) is 0 Å². The van der Waals surface area contributed by atoms with Gasteiger partial charge in [0.05, 0.1) is 11.8 Å². The number of carbonyl (C=O) groups excluding carboxylic acids is 1. The van der Waals surface area contributed by atoms with Crippen molar-refractivity contribution in [2.45, 2.75) is 6.54 Å². The van der Waals surface area contributed by atoms with E-state index in [9.17, 15) is 4.79 Å². The summed E-state index contributed by atoms with van der Waals surface area (Å²) >= 11 is 3.15. The Morgan fingerprint density at radius 1 is 1.45 bits per heavy atom. The Labute approximate surface area is 123 Å². The molecular weight excluding hydrogens is 326 g/mol. The predicted molar refractivity (Wildman–Crippen MR) is 76.5 cm³/mol. The standard InChI is InChI=1S/C13H12BrN3O3/c14-11-10(4-5-20-11)13(18)16-7-8-2-1-3-9(6-8)12(15)17-19/h1-6,19H,7H2,(H2,15,17)(H,16,18). The summed E-state index contributed by atoms with van der Waals surface area (Å²) in [5.74, 6) is -0.226. The van der Waals surface area contributed by atoms with Gasteiger partial charge in [-0.25, -0.2) is 0 Å². The molecule has 0 radical (unpaired) electrons. The number of oxime groups is 1. The van der Waals surface area contributed by atoms with E-state index < -0.39 is 0 Å². The van der Waals surface area contributed by atoms with E-state index in [0.29, 0.717) is 22.3 Å². The second-order valence-electron chi connectivity index (χ2n) is 3.98. The lowest BCUT2D eigenvalue weighted by Crippen LogP contribution is -2.23. The largest absolute Gasteiger partial charge is 0.457 e. The smallest absolute Gasteiger partial charge is 0.256 e. The Hall–Kier alpha value is -2.28. The number of amidine groups is 1. The first-order valence-corrected chi connectivity index (χ1v) is 6.49. The first-order valence-electron chi connectivity index (χ1n) is 5.70. The molecule has 1 amide bonds. The number of rotatable bonds is 4. The van der Waals surface area contributed by atoms with Gasteiger partial charge in [-0.05, 0) is 33.6 Å². The van der Waals surface area contributed by atoms with Gasteiger partial charge < -0.3 is 20.7 Å². The van der Waals surface area contributed by atoms with Gasteiger partial charge in [0.2, 0.25) is 0 Å². The zero-order valence-corrected chi connectivity index (χ0v) is 11.9. The van der Waals surface area contributed by atoms with Crippen LogP contribution < -0.4 is 11.1 Å². The second-order valence-corrected chi connectivity index (χ2v) is 4.70. The van der Waals surface area contributed by atoms with Crippen molar-refractivity contribution >= 4 is 27.7 Å². The Kier molecular flexibility index (Phi) is 4.41. The van der Waals surface area contributed by atoms with Gasteiger partial charge in [0.1, 0.15) is 0 Å². The van der Waals surface area contributed by atoms with Gasteiger partial charge in [-0.1, -0.05) is 23.4 Å². The molecular formula is C13H12BrN3O3. The minimum atomic E-state index is -0.250. The molecule has 0 spiro atoms. The first-order chi connectivity index (χ1) is 9.61. The predicted octanol–water partition coefficient (Wildman–Crippen LogP) is 2.07. The fraction of sp³-hybridized carbons (Fsp3) is 0.0769. The second kappa shape index (κ2) is 6.25. The highest BCUT2D eigenvalue weighted by Crippen LogP contribution is 2.17. The minimum absolute atomic E-state index is 0.0238. The molecule has 4 N–H and O–H groups in total. The van der Waals surface area contributed by atoms with Crippen LogP contribution in [0.1, 0.15) is 21.5 Å². The highest BCUT2D eigenvalue weighted by Gasteiger charge is 2.12. The van der Waals surface area contributed by atoms with Crippen LogP contribution in [0.2, 0.25) is 0 Å². The Bertz CT molecular complexity index is 652. The van der Waals surface area contributed by atoms with Crippen molar-refractivity contribution in [1.82, 2.24) is 5.32 Å². The van der Waals surface area contributed by atoms with E-state index in [1.807, 2.05) is 6.07 Å². The van der Waals surface area contributed by atoms with E-state index in [2.05, 4.69) is 26.4 Å². The molecule has 0 saturated carbocycles. The van der Waals surface area contributed by atoms with Gasteiger partial charge >= 0.3 is 0 Å². The zero-order valence-electron chi connectivity index (χ0n) is 10.3. The number of hydrogen-bond acceptors (Lipinski definition) is 4. The van der Waals surface area contributed by atoms with E-state index in [4.69, 9.17) is 15.4 Å². The number of furan rings is 1. The van der Waals surface area contributed by atoms with E-state index in [1.54, 1.807) is 24.3 Å². The van der Waals surface area contributed by atoms with Crippen LogP contribution in [0.3, 0.4) is 0 Å². The van der Waals surface area contributed by atoms with Crippen LogP contribution in [0.15, 0.2) is 50.8 Å². The number of nitrogens with one attached hydrogen (secondary N) is 1. The molecule has 1 heterocycles. The summed E-state index contributed by atoms with van der Waals surface area (Å²) in [4.78, 5) is 11.9. The first kappa shape index (κ1) is 14.1. The molecule has 0 saturated heterocycles. The summed E-state index contributed by atoms with van der Waals surface area (Å²) in [7, 11) is 0. The van der Waals surface area contributed by atoms with Crippen LogP contribution in [0, 0.1) is 0 Å². The third kappa shape index (κ3) is 3.18. The molecule has 1 aromatic carbocycles. The van der Waals surface area contributed by atoms with E-state index >= 15 is 0 Å². The normalized spacial score (nSPS) is 11.3. The van der Waals surface area contributed by atoms with Crippen molar-refractivity contribution in [3.63, 3.8) is 0 Å². The highest BCUT2D eigenvalue weighted by molar-refractivity contribution is 9.10. The Morgan fingerprint density at radius 2 is 2.25 bits per heavy atom. The van der Waals surface area contributed by atoms with Gasteiger partial charge in [-0.3, -0.25) is 4.79 Å². The molecule has 1 aromatic heterocycles. The van der Waals surface area contributed by atoms with Gasteiger partial charge in [0.25, 0.3) is 5.91 Å². The zero-order chi connectivity index (χ0) is 14.5. The molecule has 2 aromatic rings. The number of nitrogens with two attached hydrogens (primary N) is 1. The maximum Gasteiger partial charge on any atom is 0.256 e. The number of nitrogens with zero attached hydrogens (tertiary/aromatic N) is 1. The van der Waals surface area contributed by atoms with Gasteiger partial charge in [0.15, 0.2) is 10.5 Å². The number of hydrogen-bond donors (Lipinski definition) is 3.